The Hall–Kier alpha value is -2.61. The van der Waals surface area contributed by atoms with Crippen molar-refractivity contribution >= 4 is 63.6 Å². The van der Waals surface area contributed by atoms with E-state index in [1.54, 1.807) is 6.92 Å². The molecule has 0 aliphatic heterocycles. The molecule has 0 aromatic carbocycles. The quantitative estimate of drug-likeness (QED) is 0.0829. The van der Waals surface area contributed by atoms with Crippen molar-refractivity contribution in [1.82, 2.24) is 21.5 Å². The molecule has 0 bridgehead atoms. The highest BCUT2D eigenvalue weighted by Crippen LogP contribution is 2.19. The van der Waals surface area contributed by atoms with Gasteiger partial charge in [-0.3, -0.25) is 19.2 Å². The predicted molar refractivity (Wildman–Crippen MR) is 125 cm³/mol. The molecule has 0 saturated carbocycles. The molecule has 180 valence electrons. The molecular formula is C18H30N6O6S2. The van der Waals surface area contributed by atoms with Crippen LogP contribution in [-0.4, -0.2) is 71.2 Å². The number of aliphatic carboxylic acids is 1. The Morgan fingerprint density at radius 1 is 1.06 bits per heavy atom. The van der Waals surface area contributed by atoms with Crippen molar-refractivity contribution in [2.24, 2.45) is 10.2 Å². The molecule has 4 amide bonds. The number of amides is 4. The van der Waals surface area contributed by atoms with Crippen molar-refractivity contribution in [2.75, 3.05) is 18.1 Å². The van der Waals surface area contributed by atoms with Gasteiger partial charge in [-0.25, -0.2) is 15.6 Å². The molecule has 0 heterocycles. The third kappa shape index (κ3) is 17.1. The van der Waals surface area contributed by atoms with E-state index in [0.717, 1.165) is 6.21 Å². The monoisotopic (exact) mass is 492 g/mol. The Morgan fingerprint density at radius 3 is 2.47 bits per heavy atom. The van der Waals surface area contributed by atoms with E-state index in [9.17, 15) is 29.1 Å². The Balaban J connectivity index is 3.94. The fraction of sp³-hybridized carbons (Fsp3) is 0.611. The lowest BCUT2D eigenvalue weighted by Crippen LogP contribution is -2.42. The van der Waals surface area contributed by atoms with Gasteiger partial charge in [-0.15, -0.1) is 0 Å². The molecule has 0 aliphatic rings. The fourth-order valence-corrected chi connectivity index (χ4v) is 3.63. The van der Waals surface area contributed by atoms with Crippen LogP contribution in [0.1, 0.15) is 47.3 Å². The average Bonchev–Trinajstić information content (AvgIpc) is 2.77. The van der Waals surface area contributed by atoms with E-state index in [0.29, 0.717) is 25.1 Å². The van der Waals surface area contributed by atoms with Gasteiger partial charge in [0, 0.05) is 32.7 Å². The highest BCUT2D eigenvalue weighted by molar-refractivity contribution is 8.76. The molecule has 12 nitrogen and oxygen atoms in total. The molecule has 14 heteroatoms. The maximum atomic E-state index is 11.9. The first-order valence-electron chi connectivity index (χ1n) is 10.4. The Labute approximate surface area is 196 Å². The first-order valence-corrected chi connectivity index (χ1v) is 12.2. The number of hydrogen-bond donors (Lipinski definition) is 5. The number of rotatable bonds is 17. The Bertz CT molecular complexity index is 710. The summed E-state index contributed by atoms with van der Waals surface area (Å²) in [7, 11) is 2.50. The van der Waals surface area contributed by atoms with Crippen LogP contribution in [0.25, 0.3) is 0 Å². The maximum Gasteiger partial charge on any atom is 0.326 e. The predicted octanol–water partition coefficient (Wildman–Crippen LogP) is 0.248. The van der Waals surface area contributed by atoms with Gasteiger partial charge in [0.15, 0.2) is 0 Å². The molecule has 32 heavy (non-hydrogen) atoms. The number of hydrazone groups is 2. The van der Waals surface area contributed by atoms with Crippen LogP contribution in [0.2, 0.25) is 0 Å². The number of unbranched alkanes of at least 4 members (excludes halogenated alkanes) is 1. The second-order valence-electron chi connectivity index (χ2n) is 6.04. The van der Waals surface area contributed by atoms with Gasteiger partial charge in [0.25, 0.3) is 5.91 Å². The van der Waals surface area contributed by atoms with E-state index >= 15 is 0 Å². The first kappa shape index (κ1) is 27.4. The summed E-state index contributed by atoms with van der Waals surface area (Å²) in [5.74, 6) is -2.49. The standard InChI is InChI=1S/C18H30N6O6S2/c1-3-5-6-14(25)24-21-11-16(27)19-9-10-31-32-12-17(28)22-13(18(29)30)7-8-15(26)23-20-4-2/h4,11,13H,3,5-10,12H2,1-2H3,(H,19,27)(H,22,28)(H,23,26)(H,24,25)(H,29,30)/b20-4+,21-11+/i1T. The van der Waals surface area contributed by atoms with E-state index in [1.165, 1.54) is 27.8 Å². The van der Waals surface area contributed by atoms with E-state index in [4.69, 9.17) is 1.37 Å². The number of hydrogen-bond acceptors (Lipinski definition) is 9. The topological polar surface area (TPSA) is 178 Å². The zero-order valence-electron chi connectivity index (χ0n) is 18.8. The van der Waals surface area contributed by atoms with Crippen LogP contribution in [0.3, 0.4) is 0 Å². The number of nitrogens with zero attached hydrogens (tertiary/aromatic N) is 2. The summed E-state index contributed by atoms with van der Waals surface area (Å²) < 4.78 is 6.98. The second-order valence-corrected chi connectivity index (χ2v) is 8.63. The van der Waals surface area contributed by atoms with E-state index < -0.39 is 29.7 Å². The smallest absolute Gasteiger partial charge is 0.326 e. The molecule has 0 aromatic rings. The van der Waals surface area contributed by atoms with Crippen molar-refractivity contribution in [3.8, 4) is 0 Å². The van der Waals surface area contributed by atoms with Gasteiger partial charge >= 0.3 is 5.97 Å². The number of carbonyl (C=O) groups excluding carboxylic acids is 4. The summed E-state index contributed by atoms with van der Waals surface area (Å²) in [6.07, 6.45) is 3.63. The average molecular weight is 493 g/mol. The Morgan fingerprint density at radius 2 is 1.78 bits per heavy atom. The van der Waals surface area contributed by atoms with Crippen LogP contribution < -0.4 is 21.5 Å². The molecule has 0 rings (SSSR count). The number of nitrogens with one attached hydrogen (secondary N) is 4. The molecular weight excluding hydrogens is 460 g/mol. The van der Waals surface area contributed by atoms with Crippen LogP contribution in [0.5, 0.6) is 0 Å². The number of carboxylic acids is 1. The second kappa shape index (κ2) is 19.1. The molecule has 0 aliphatic carbocycles. The third-order valence-electron chi connectivity index (χ3n) is 3.39. The van der Waals surface area contributed by atoms with Crippen LogP contribution in [0.4, 0.5) is 0 Å². The Kier molecular flexibility index (Phi) is 16.4. The van der Waals surface area contributed by atoms with Gasteiger partial charge in [0.2, 0.25) is 17.7 Å². The van der Waals surface area contributed by atoms with Gasteiger partial charge in [0.1, 0.15) is 12.3 Å². The summed E-state index contributed by atoms with van der Waals surface area (Å²) in [4.78, 5) is 57.6. The minimum atomic E-state index is -1.23. The van der Waals surface area contributed by atoms with E-state index in [-0.39, 0.29) is 37.8 Å². The SMILES string of the molecule is [3H]CCCCC(=O)N/N=C/C(=O)NCCSSCC(=O)NC(CCC(=O)N/N=C/C)C(=O)O. The lowest BCUT2D eigenvalue weighted by atomic mass is 10.1. The first-order chi connectivity index (χ1) is 15.8. The highest BCUT2D eigenvalue weighted by atomic mass is 33.1. The molecule has 0 fully saturated rings. The minimum Gasteiger partial charge on any atom is -0.480 e. The largest absolute Gasteiger partial charge is 0.480 e. The van der Waals surface area contributed by atoms with Gasteiger partial charge in [0.05, 0.1) is 5.75 Å². The van der Waals surface area contributed by atoms with Gasteiger partial charge in [-0.2, -0.15) is 10.2 Å². The summed E-state index contributed by atoms with van der Waals surface area (Å²) in [5.41, 5.74) is 4.45. The lowest BCUT2D eigenvalue weighted by Gasteiger charge is -2.13. The molecule has 0 saturated heterocycles. The van der Waals surface area contributed by atoms with Crippen molar-refractivity contribution < 1.29 is 30.4 Å². The third-order valence-corrected chi connectivity index (χ3v) is 5.67. The van der Waals surface area contributed by atoms with Crippen molar-refractivity contribution in [2.45, 2.75) is 52.0 Å². The normalized spacial score (nSPS) is 12.2. The molecule has 0 spiro atoms. The van der Waals surface area contributed by atoms with Gasteiger partial charge in [-0.05, 0) is 19.8 Å². The summed E-state index contributed by atoms with van der Waals surface area (Å²) in [5, 5.41) is 21.2. The number of carboxylic acid groups (broad SMARTS) is 1. The van der Waals surface area contributed by atoms with Crippen molar-refractivity contribution in [3.05, 3.63) is 0 Å². The van der Waals surface area contributed by atoms with Crippen LogP contribution in [0, 0.1) is 0 Å². The maximum absolute atomic E-state index is 11.9. The lowest BCUT2D eigenvalue weighted by molar-refractivity contribution is -0.141. The number of carbonyl (C=O) groups is 5. The van der Waals surface area contributed by atoms with E-state index in [1.807, 2.05) is 0 Å². The van der Waals surface area contributed by atoms with Gasteiger partial charge in [-0.1, -0.05) is 34.9 Å². The zero-order valence-corrected chi connectivity index (χ0v) is 19.4. The van der Waals surface area contributed by atoms with Crippen molar-refractivity contribution in [1.29, 1.82) is 0 Å². The molecule has 5 N–H and O–H groups in total. The summed E-state index contributed by atoms with van der Waals surface area (Å²) in [6.45, 7) is 2.18. The minimum absolute atomic E-state index is 0.00241. The summed E-state index contributed by atoms with van der Waals surface area (Å²) >= 11 is 0. The summed E-state index contributed by atoms with van der Waals surface area (Å²) in [6, 6.07) is -1.18. The van der Waals surface area contributed by atoms with Gasteiger partial charge < -0.3 is 15.7 Å². The fourth-order valence-electron chi connectivity index (χ4n) is 1.88. The van der Waals surface area contributed by atoms with Crippen LogP contribution in [0.15, 0.2) is 10.2 Å². The van der Waals surface area contributed by atoms with E-state index in [2.05, 4.69) is 31.7 Å². The molecule has 1 unspecified atom stereocenters. The van der Waals surface area contributed by atoms with Crippen LogP contribution in [-0.2, 0) is 24.0 Å². The molecule has 1 atom stereocenters. The highest BCUT2D eigenvalue weighted by Gasteiger charge is 2.20. The van der Waals surface area contributed by atoms with Crippen LogP contribution >= 0.6 is 21.6 Å². The molecule has 0 aromatic heterocycles. The zero-order chi connectivity index (χ0) is 24.9. The van der Waals surface area contributed by atoms with Crippen molar-refractivity contribution in [3.63, 3.8) is 0 Å². The molecule has 0 radical (unpaired) electrons.